The first kappa shape index (κ1) is 15.0. The summed E-state index contributed by atoms with van der Waals surface area (Å²) >= 11 is 3.52. The van der Waals surface area contributed by atoms with Crippen molar-refractivity contribution in [3.63, 3.8) is 0 Å². The Kier molecular flexibility index (Phi) is 3.87. The Balaban J connectivity index is 2.25. The van der Waals surface area contributed by atoms with Crippen LogP contribution in [0.4, 0.5) is 0 Å². The van der Waals surface area contributed by atoms with Crippen LogP contribution in [0.1, 0.15) is 24.6 Å². The number of H-pyrrole nitrogens is 1. The lowest BCUT2D eigenvalue weighted by Crippen LogP contribution is -2.12. The van der Waals surface area contributed by atoms with E-state index < -0.39 is 0 Å². The highest BCUT2D eigenvalue weighted by Gasteiger charge is 2.15. The Bertz CT molecular complexity index is 910. The van der Waals surface area contributed by atoms with E-state index >= 15 is 0 Å². The molecule has 5 nitrogen and oxygen atoms in total. The van der Waals surface area contributed by atoms with Gasteiger partial charge in [-0.05, 0) is 25.0 Å². The van der Waals surface area contributed by atoms with Gasteiger partial charge in [-0.3, -0.25) is 9.48 Å². The Hall–Kier alpha value is -1.95. The first-order valence-electron chi connectivity index (χ1n) is 7.23. The van der Waals surface area contributed by atoms with Gasteiger partial charge < -0.3 is 4.98 Å². The van der Waals surface area contributed by atoms with Crippen LogP contribution in [0.25, 0.3) is 22.4 Å². The van der Waals surface area contributed by atoms with Gasteiger partial charge in [0.15, 0.2) is 5.52 Å². The van der Waals surface area contributed by atoms with Crippen LogP contribution in [0.3, 0.4) is 0 Å². The molecule has 3 aromatic rings. The summed E-state index contributed by atoms with van der Waals surface area (Å²) in [6, 6.07) is 5.93. The van der Waals surface area contributed by atoms with E-state index in [1.54, 1.807) is 11.7 Å². The molecule has 0 aliphatic rings. The molecule has 0 spiro atoms. The van der Waals surface area contributed by atoms with E-state index in [2.05, 4.69) is 37.9 Å². The van der Waals surface area contributed by atoms with Crippen LogP contribution in [0.5, 0.6) is 0 Å². The summed E-state index contributed by atoms with van der Waals surface area (Å²) in [5.74, 6) is 0.573. The van der Waals surface area contributed by atoms with Crippen molar-refractivity contribution < 1.29 is 0 Å². The van der Waals surface area contributed by atoms with E-state index in [9.17, 15) is 4.79 Å². The molecule has 0 amide bonds. The first-order valence-corrected chi connectivity index (χ1v) is 8.03. The maximum absolute atomic E-state index is 12.4. The minimum absolute atomic E-state index is 0.158. The van der Waals surface area contributed by atoms with Crippen LogP contribution in [0, 0.1) is 6.92 Å². The summed E-state index contributed by atoms with van der Waals surface area (Å²) in [7, 11) is 1.78. The summed E-state index contributed by atoms with van der Waals surface area (Å²) in [5, 5.41) is 4.43. The Morgan fingerprint density at radius 2 is 2.14 bits per heavy atom. The van der Waals surface area contributed by atoms with E-state index in [0.717, 1.165) is 34.1 Å². The second-order valence-corrected chi connectivity index (χ2v) is 6.25. The highest BCUT2D eigenvalue weighted by molar-refractivity contribution is 9.10. The second kappa shape index (κ2) is 5.68. The molecule has 114 valence electrons. The number of rotatable bonds is 3. The average Bonchev–Trinajstić information content (AvgIpc) is 2.79. The van der Waals surface area contributed by atoms with Crippen LogP contribution in [-0.2, 0) is 13.5 Å². The van der Waals surface area contributed by atoms with Crippen LogP contribution >= 0.6 is 15.9 Å². The summed E-state index contributed by atoms with van der Waals surface area (Å²) < 4.78 is 2.61. The number of hydrogen-bond donors (Lipinski definition) is 1. The second-order valence-electron chi connectivity index (χ2n) is 5.40. The highest BCUT2D eigenvalue weighted by atomic mass is 79.9. The topological polar surface area (TPSA) is 63.6 Å². The van der Waals surface area contributed by atoms with Crippen molar-refractivity contribution in [3.8, 4) is 11.4 Å². The van der Waals surface area contributed by atoms with Gasteiger partial charge >= 0.3 is 0 Å². The molecule has 0 aliphatic carbocycles. The number of nitrogens with zero attached hydrogens (tertiary/aromatic N) is 3. The van der Waals surface area contributed by atoms with Gasteiger partial charge in [0.05, 0.1) is 5.69 Å². The van der Waals surface area contributed by atoms with Crippen molar-refractivity contribution in [1.29, 1.82) is 0 Å². The largest absolute Gasteiger partial charge is 0.305 e. The molecule has 0 saturated carbocycles. The monoisotopic (exact) mass is 360 g/mol. The van der Waals surface area contributed by atoms with Gasteiger partial charge in [-0.1, -0.05) is 41.4 Å². The fraction of sp³-hybridized carbons (Fsp3) is 0.312. The number of aryl methyl sites for hydroxylation is 3. The van der Waals surface area contributed by atoms with Gasteiger partial charge in [0.1, 0.15) is 11.3 Å². The number of nitrogens with one attached hydrogen (secondary N) is 1. The van der Waals surface area contributed by atoms with Gasteiger partial charge in [0.2, 0.25) is 0 Å². The Labute approximate surface area is 136 Å². The molecule has 2 aromatic heterocycles. The number of fused-ring (bicyclic) bond motifs is 1. The quantitative estimate of drug-likeness (QED) is 0.778. The number of benzene rings is 1. The van der Waals surface area contributed by atoms with Crippen molar-refractivity contribution in [2.75, 3.05) is 0 Å². The van der Waals surface area contributed by atoms with Crippen LogP contribution in [0.15, 0.2) is 27.5 Å². The van der Waals surface area contributed by atoms with E-state index in [1.165, 1.54) is 0 Å². The zero-order chi connectivity index (χ0) is 15.9. The van der Waals surface area contributed by atoms with Crippen molar-refractivity contribution in [1.82, 2.24) is 19.7 Å². The smallest absolute Gasteiger partial charge is 0.277 e. The third kappa shape index (κ3) is 2.47. The van der Waals surface area contributed by atoms with Crippen molar-refractivity contribution in [3.05, 3.63) is 44.3 Å². The number of aromatic nitrogens is 4. The molecule has 1 N–H and O–H groups in total. The van der Waals surface area contributed by atoms with E-state index in [1.807, 2.05) is 25.1 Å². The third-order valence-corrected chi connectivity index (χ3v) is 4.55. The molecule has 3 rings (SSSR count). The molecule has 0 fully saturated rings. The molecule has 0 saturated heterocycles. The Morgan fingerprint density at radius 3 is 2.82 bits per heavy atom. The maximum Gasteiger partial charge on any atom is 0.277 e. The van der Waals surface area contributed by atoms with Crippen molar-refractivity contribution in [2.45, 2.75) is 26.7 Å². The summed E-state index contributed by atoms with van der Waals surface area (Å²) in [4.78, 5) is 19.9. The standard InChI is InChI=1S/C16H17BrN4O/c1-4-5-12-13-14(21(3)20-12)16(22)19-15(18-13)10-7-6-9(2)11(17)8-10/h6-8H,4-5H2,1-3H3,(H,18,19,22). The lowest BCUT2D eigenvalue weighted by molar-refractivity contribution is 0.751. The van der Waals surface area contributed by atoms with Gasteiger partial charge in [-0.2, -0.15) is 5.10 Å². The molecule has 6 heteroatoms. The van der Waals surface area contributed by atoms with Crippen LogP contribution in [-0.4, -0.2) is 19.7 Å². The van der Waals surface area contributed by atoms with Gasteiger partial charge in [-0.15, -0.1) is 0 Å². The van der Waals surface area contributed by atoms with E-state index in [4.69, 9.17) is 0 Å². The zero-order valence-electron chi connectivity index (χ0n) is 12.8. The third-order valence-electron chi connectivity index (χ3n) is 3.69. The van der Waals surface area contributed by atoms with Crippen molar-refractivity contribution >= 4 is 27.0 Å². The van der Waals surface area contributed by atoms with Gasteiger partial charge in [0.25, 0.3) is 5.56 Å². The molecule has 0 unspecified atom stereocenters. The molecule has 0 bridgehead atoms. The highest BCUT2D eigenvalue weighted by Crippen LogP contribution is 2.24. The molecule has 1 aromatic carbocycles. The van der Waals surface area contributed by atoms with Gasteiger partial charge in [-0.25, -0.2) is 4.98 Å². The normalized spacial score (nSPS) is 11.3. The summed E-state index contributed by atoms with van der Waals surface area (Å²) in [5.41, 5.74) is 3.95. The van der Waals surface area contributed by atoms with Crippen molar-refractivity contribution in [2.24, 2.45) is 7.05 Å². The predicted molar refractivity (Wildman–Crippen MR) is 91.0 cm³/mol. The average molecular weight is 361 g/mol. The molecular weight excluding hydrogens is 344 g/mol. The van der Waals surface area contributed by atoms with Gasteiger partial charge in [0, 0.05) is 17.1 Å². The zero-order valence-corrected chi connectivity index (χ0v) is 14.4. The minimum atomic E-state index is -0.158. The number of aromatic amines is 1. The number of hydrogen-bond acceptors (Lipinski definition) is 3. The molecule has 22 heavy (non-hydrogen) atoms. The molecule has 2 heterocycles. The fourth-order valence-corrected chi connectivity index (χ4v) is 2.91. The minimum Gasteiger partial charge on any atom is -0.305 e. The molecule has 0 aliphatic heterocycles. The molecular formula is C16H17BrN4O. The molecule has 0 radical (unpaired) electrons. The molecule has 0 atom stereocenters. The Morgan fingerprint density at radius 1 is 1.36 bits per heavy atom. The number of halogens is 1. The first-order chi connectivity index (χ1) is 10.5. The lowest BCUT2D eigenvalue weighted by Gasteiger charge is -2.04. The summed E-state index contributed by atoms with van der Waals surface area (Å²) in [6.45, 7) is 4.11. The van der Waals surface area contributed by atoms with E-state index in [-0.39, 0.29) is 5.56 Å². The van der Waals surface area contributed by atoms with Crippen LogP contribution < -0.4 is 5.56 Å². The van der Waals surface area contributed by atoms with E-state index in [0.29, 0.717) is 16.9 Å². The summed E-state index contributed by atoms with van der Waals surface area (Å²) in [6.07, 6.45) is 1.77. The lowest BCUT2D eigenvalue weighted by atomic mass is 10.1. The SMILES string of the molecule is CCCc1nn(C)c2c(=O)[nH]c(-c3ccc(C)c(Br)c3)nc12. The fourth-order valence-electron chi connectivity index (χ4n) is 2.53. The predicted octanol–water partition coefficient (Wildman–Crippen LogP) is 3.35. The maximum atomic E-state index is 12.4. The van der Waals surface area contributed by atoms with Crippen LogP contribution in [0.2, 0.25) is 0 Å².